The van der Waals surface area contributed by atoms with Gasteiger partial charge in [-0.15, -0.1) is 11.3 Å². The largest absolute Gasteiger partial charge is 0.324 e. The Balaban J connectivity index is 1.57. The van der Waals surface area contributed by atoms with E-state index in [0.29, 0.717) is 11.6 Å². The summed E-state index contributed by atoms with van der Waals surface area (Å²) in [6.07, 6.45) is 2.19. The third-order valence-corrected chi connectivity index (χ3v) is 5.30. The van der Waals surface area contributed by atoms with Gasteiger partial charge in [0.25, 0.3) is 5.56 Å². The van der Waals surface area contributed by atoms with Gasteiger partial charge in [-0.05, 0) is 51.0 Å². The number of amides is 1. The van der Waals surface area contributed by atoms with Gasteiger partial charge in [-0.25, -0.2) is 9.67 Å². The number of benzene rings is 1. The Hall–Kier alpha value is -2.54. The van der Waals surface area contributed by atoms with E-state index in [-0.39, 0.29) is 11.5 Å². The molecule has 1 unspecified atom stereocenters. The molecule has 0 bridgehead atoms. The molecule has 1 saturated carbocycles. The summed E-state index contributed by atoms with van der Waals surface area (Å²) < 4.78 is 2.35. The molecule has 128 valence electrons. The summed E-state index contributed by atoms with van der Waals surface area (Å²) in [6.45, 7) is 3.64. The van der Waals surface area contributed by atoms with Crippen molar-refractivity contribution in [3.63, 3.8) is 0 Å². The Morgan fingerprint density at radius 1 is 1.32 bits per heavy atom. The number of thiazole rings is 1. The normalized spacial score (nSPS) is 15.3. The first kappa shape index (κ1) is 16.0. The summed E-state index contributed by atoms with van der Waals surface area (Å²) in [7, 11) is 0. The molecule has 0 radical (unpaired) electrons. The molecule has 1 amide bonds. The Bertz CT molecular complexity index is 1020. The number of rotatable bonds is 4. The van der Waals surface area contributed by atoms with Crippen molar-refractivity contribution in [1.29, 1.82) is 0 Å². The van der Waals surface area contributed by atoms with E-state index in [9.17, 15) is 9.59 Å². The van der Waals surface area contributed by atoms with E-state index < -0.39 is 6.04 Å². The average molecular weight is 354 g/mol. The van der Waals surface area contributed by atoms with Crippen LogP contribution in [0.5, 0.6) is 0 Å². The zero-order chi connectivity index (χ0) is 17.6. The van der Waals surface area contributed by atoms with E-state index in [2.05, 4.69) is 15.4 Å². The lowest BCUT2D eigenvalue weighted by Gasteiger charge is -2.15. The zero-order valence-corrected chi connectivity index (χ0v) is 14.8. The van der Waals surface area contributed by atoms with Crippen molar-refractivity contribution in [2.45, 2.75) is 38.6 Å². The number of carbonyl (C=O) groups is 1. The van der Waals surface area contributed by atoms with Gasteiger partial charge in [0.15, 0.2) is 0 Å². The average Bonchev–Trinajstić information content (AvgIpc) is 3.36. The highest BCUT2D eigenvalue weighted by atomic mass is 32.1. The van der Waals surface area contributed by atoms with Crippen molar-refractivity contribution >= 4 is 33.1 Å². The summed E-state index contributed by atoms with van der Waals surface area (Å²) in [6, 6.07) is 8.22. The summed E-state index contributed by atoms with van der Waals surface area (Å²) >= 11 is 1.62. The fraction of sp³-hybridized carbons (Fsp3) is 0.333. The van der Waals surface area contributed by atoms with Crippen LogP contribution >= 0.6 is 11.3 Å². The molecule has 7 heteroatoms. The van der Waals surface area contributed by atoms with E-state index in [1.165, 1.54) is 10.7 Å². The predicted molar refractivity (Wildman–Crippen MR) is 98.2 cm³/mol. The highest BCUT2D eigenvalue weighted by Gasteiger charge is 2.27. The molecule has 1 aromatic carbocycles. The van der Waals surface area contributed by atoms with Gasteiger partial charge in [0.05, 0.1) is 20.9 Å². The maximum Gasteiger partial charge on any atom is 0.267 e. The van der Waals surface area contributed by atoms with Gasteiger partial charge in [0, 0.05) is 17.7 Å². The zero-order valence-electron chi connectivity index (χ0n) is 14.0. The monoisotopic (exact) mass is 354 g/mol. The highest BCUT2D eigenvalue weighted by molar-refractivity contribution is 7.18. The molecule has 1 atom stereocenters. The smallest absolute Gasteiger partial charge is 0.267 e. The van der Waals surface area contributed by atoms with Crippen molar-refractivity contribution in [3.8, 4) is 0 Å². The van der Waals surface area contributed by atoms with Gasteiger partial charge >= 0.3 is 0 Å². The molecule has 0 spiro atoms. The van der Waals surface area contributed by atoms with Gasteiger partial charge in [0.2, 0.25) is 5.91 Å². The van der Waals surface area contributed by atoms with Crippen LogP contribution in [0, 0.1) is 6.92 Å². The number of nitrogens with one attached hydrogen (secondary N) is 1. The SMILES string of the molecule is Cc1nc2cc(NC(=O)C(C)n3nc(C4CC4)ccc3=O)ccc2s1. The molecular formula is C18H18N4O2S. The molecule has 6 nitrogen and oxygen atoms in total. The van der Waals surface area contributed by atoms with Gasteiger partial charge in [-0.3, -0.25) is 9.59 Å². The van der Waals surface area contributed by atoms with E-state index >= 15 is 0 Å². The van der Waals surface area contributed by atoms with Crippen molar-refractivity contribution in [3.05, 3.63) is 51.4 Å². The summed E-state index contributed by atoms with van der Waals surface area (Å²) in [5, 5.41) is 8.23. The van der Waals surface area contributed by atoms with E-state index in [4.69, 9.17) is 0 Å². The lowest BCUT2D eigenvalue weighted by Crippen LogP contribution is -2.33. The Morgan fingerprint density at radius 2 is 2.12 bits per heavy atom. The van der Waals surface area contributed by atoms with Crippen molar-refractivity contribution < 1.29 is 4.79 Å². The quantitative estimate of drug-likeness (QED) is 0.780. The summed E-state index contributed by atoms with van der Waals surface area (Å²) in [4.78, 5) is 29.1. The fourth-order valence-corrected chi connectivity index (χ4v) is 3.60. The molecule has 1 fully saturated rings. The van der Waals surface area contributed by atoms with Gasteiger partial charge in [-0.1, -0.05) is 0 Å². The van der Waals surface area contributed by atoms with E-state index in [0.717, 1.165) is 33.8 Å². The minimum atomic E-state index is -0.681. The molecule has 2 heterocycles. The van der Waals surface area contributed by atoms with Crippen LogP contribution in [0.3, 0.4) is 0 Å². The number of aryl methyl sites for hydroxylation is 1. The van der Waals surface area contributed by atoms with Gasteiger partial charge in [0.1, 0.15) is 6.04 Å². The number of nitrogens with zero attached hydrogens (tertiary/aromatic N) is 3. The molecular weight excluding hydrogens is 336 g/mol. The number of hydrogen-bond donors (Lipinski definition) is 1. The van der Waals surface area contributed by atoms with Crippen LogP contribution in [0.15, 0.2) is 35.1 Å². The first-order chi connectivity index (χ1) is 12.0. The van der Waals surface area contributed by atoms with Crippen LogP contribution in [0.25, 0.3) is 10.2 Å². The number of carbonyl (C=O) groups excluding carboxylic acids is 1. The Kier molecular flexibility index (Phi) is 3.88. The summed E-state index contributed by atoms with van der Waals surface area (Å²) in [5.74, 6) is 0.159. The number of aromatic nitrogens is 3. The molecule has 1 N–H and O–H groups in total. The first-order valence-corrected chi connectivity index (χ1v) is 9.11. The van der Waals surface area contributed by atoms with Crippen molar-refractivity contribution in [2.75, 3.05) is 5.32 Å². The lowest BCUT2D eigenvalue weighted by atomic mass is 10.2. The highest BCUT2D eigenvalue weighted by Crippen LogP contribution is 2.38. The molecule has 0 aliphatic heterocycles. The van der Waals surface area contributed by atoms with Crippen molar-refractivity contribution in [2.24, 2.45) is 0 Å². The first-order valence-electron chi connectivity index (χ1n) is 8.29. The third-order valence-electron chi connectivity index (χ3n) is 4.35. The van der Waals surface area contributed by atoms with Crippen LogP contribution in [0.4, 0.5) is 5.69 Å². The lowest BCUT2D eigenvalue weighted by molar-refractivity contribution is -0.119. The molecule has 1 aliphatic carbocycles. The van der Waals surface area contributed by atoms with Crippen molar-refractivity contribution in [1.82, 2.24) is 14.8 Å². The van der Waals surface area contributed by atoms with Crippen LogP contribution in [-0.4, -0.2) is 20.7 Å². The Labute approximate surface area is 148 Å². The standard InChI is InChI=1S/C18H18N4O2S/c1-10(22-17(23)8-6-14(21-22)12-3-4-12)18(24)20-13-5-7-16-15(9-13)19-11(2)25-16/h5-10,12H,3-4H2,1-2H3,(H,20,24). The van der Waals surface area contributed by atoms with Crippen LogP contribution < -0.4 is 10.9 Å². The van der Waals surface area contributed by atoms with Crippen LogP contribution in [-0.2, 0) is 4.79 Å². The molecule has 4 rings (SSSR count). The van der Waals surface area contributed by atoms with Gasteiger partial charge in [-0.2, -0.15) is 5.10 Å². The summed E-state index contributed by atoms with van der Waals surface area (Å²) in [5.41, 5.74) is 2.15. The molecule has 1 aliphatic rings. The minimum absolute atomic E-state index is 0.266. The number of hydrogen-bond acceptors (Lipinski definition) is 5. The van der Waals surface area contributed by atoms with E-state index in [1.807, 2.05) is 25.1 Å². The van der Waals surface area contributed by atoms with Crippen LogP contribution in [0.1, 0.15) is 42.4 Å². The van der Waals surface area contributed by atoms with E-state index in [1.54, 1.807) is 24.3 Å². The van der Waals surface area contributed by atoms with Crippen LogP contribution in [0.2, 0.25) is 0 Å². The Morgan fingerprint density at radius 3 is 2.88 bits per heavy atom. The predicted octanol–water partition coefficient (Wildman–Crippen LogP) is 3.24. The molecule has 25 heavy (non-hydrogen) atoms. The number of fused-ring (bicyclic) bond motifs is 1. The maximum atomic E-state index is 12.6. The molecule has 0 saturated heterocycles. The topological polar surface area (TPSA) is 76.9 Å². The molecule has 3 aromatic rings. The minimum Gasteiger partial charge on any atom is -0.324 e. The van der Waals surface area contributed by atoms with Gasteiger partial charge < -0.3 is 5.32 Å². The second-order valence-electron chi connectivity index (χ2n) is 6.40. The second kappa shape index (κ2) is 6.07. The fourth-order valence-electron chi connectivity index (χ4n) is 2.79. The number of anilines is 1. The third kappa shape index (κ3) is 3.19. The second-order valence-corrected chi connectivity index (χ2v) is 7.63. The maximum absolute atomic E-state index is 12.6. The molecule has 2 aromatic heterocycles.